The van der Waals surface area contributed by atoms with Crippen molar-refractivity contribution in [2.75, 3.05) is 5.32 Å². The van der Waals surface area contributed by atoms with Crippen LogP contribution in [-0.4, -0.2) is 11.0 Å². The van der Waals surface area contributed by atoms with Gasteiger partial charge >= 0.3 is 6.18 Å². The Morgan fingerprint density at radius 1 is 1.35 bits per heavy atom. The molecular weight excluding hydrogens is 249 g/mol. The maximum atomic E-state index is 12.7. The number of nitrogens with one attached hydrogen (secondary N) is 1. The second kappa shape index (κ2) is 4.91. The number of thiocarbonyl (C=S) groups is 1. The van der Waals surface area contributed by atoms with E-state index in [9.17, 15) is 13.2 Å². The van der Waals surface area contributed by atoms with Gasteiger partial charge in [0.05, 0.1) is 5.56 Å². The standard InChI is InChI=1S/C11H13F3N2S/c1-6(2)16-7-3-4-9(11(12,13)14)8(5-7)10(15)17/h3-6,16H,1-2H3,(H2,15,17). The van der Waals surface area contributed by atoms with Gasteiger partial charge in [0, 0.05) is 17.3 Å². The van der Waals surface area contributed by atoms with E-state index in [2.05, 4.69) is 17.5 Å². The van der Waals surface area contributed by atoms with Crippen molar-refractivity contribution in [3.8, 4) is 0 Å². The highest BCUT2D eigenvalue weighted by Crippen LogP contribution is 2.33. The van der Waals surface area contributed by atoms with Crippen LogP contribution in [0.3, 0.4) is 0 Å². The summed E-state index contributed by atoms with van der Waals surface area (Å²) in [6, 6.07) is 3.79. The second-order valence-electron chi connectivity index (χ2n) is 3.92. The Labute approximate surface area is 103 Å². The Morgan fingerprint density at radius 3 is 2.35 bits per heavy atom. The zero-order chi connectivity index (χ0) is 13.2. The number of alkyl halides is 3. The van der Waals surface area contributed by atoms with E-state index >= 15 is 0 Å². The van der Waals surface area contributed by atoms with Crippen molar-refractivity contribution in [1.82, 2.24) is 0 Å². The van der Waals surface area contributed by atoms with Crippen molar-refractivity contribution in [1.29, 1.82) is 0 Å². The fourth-order valence-electron chi connectivity index (χ4n) is 1.42. The molecule has 0 unspecified atom stereocenters. The van der Waals surface area contributed by atoms with Gasteiger partial charge in [-0.25, -0.2) is 0 Å². The molecule has 0 fully saturated rings. The Hall–Kier alpha value is -1.30. The van der Waals surface area contributed by atoms with E-state index in [1.807, 2.05) is 13.8 Å². The number of nitrogens with two attached hydrogens (primary N) is 1. The van der Waals surface area contributed by atoms with Crippen LogP contribution >= 0.6 is 12.2 Å². The molecule has 1 aromatic rings. The number of hydrogen-bond donors (Lipinski definition) is 2. The van der Waals surface area contributed by atoms with E-state index in [0.717, 1.165) is 6.07 Å². The highest BCUT2D eigenvalue weighted by atomic mass is 32.1. The molecule has 1 rings (SSSR count). The molecule has 17 heavy (non-hydrogen) atoms. The van der Waals surface area contributed by atoms with Crippen molar-refractivity contribution in [2.45, 2.75) is 26.1 Å². The molecule has 0 heterocycles. The highest BCUT2D eigenvalue weighted by molar-refractivity contribution is 7.80. The van der Waals surface area contributed by atoms with Gasteiger partial charge in [0.1, 0.15) is 4.99 Å². The van der Waals surface area contributed by atoms with Crippen molar-refractivity contribution in [3.05, 3.63) is 29.3 Å². The lowest BCUT2D eigenvalue weighted by Gasteiger charge is -2.15. The molecule has 0 radical (unpaired) electrons. The Kier molecular flexibility index (Phi) is 3.98. The largest absolute Gasteiger partial charge is 0.417 e. The lowest BCUT2D eigenvalue weighted by Crippen LogP contribution is -2.19. The number of anilines is 1. The molecule has 0 atom stereocenters. The molecule has 0 spiro atoms. The summed E-state index contributed by atoms with van der Waals surface area (Å²) < 4.78 is 38.0. The predicted octanol–water partition coefficient (Wildman–Crippen LogP) is 3.16. The quantitative estimate of drug-likeness (QED) is 0.822. The smallest absolute Gasteiger partial charge is 0.389 e. The first kappa shape index (κ1) is 13.8. The van der Waals surface area contributed by atoms with Crippen molar-refractivity contribution in [2.24, 2.45) is 5.73 Å². The third kappa shape index (κ3) is 3.59. The molecule has 6 heteroatoms. The molecule has 0 aliphatic carbocycles. The first-order valence-electron chi connectivity index (χ1n) is 4.99. The van der Waals surface area contributed by atoms with Gasteiger partial charge in [-0.3, -0.25) is 0 Å². The minimum atomic E-state index is -4.45. The third-order valence-corrected chi connectivity index (χ3v) is 2.27. The van der Waals surface area contributed by atoms with Crippen LogP contribution in [0.5, 0.6) is 0 Å². The molecule has 2 nitrogen and oxygen atoms in total. The average molecular weight is 262 g/mol. The van der Waals surface area contributed by atoms with Crippen LogP contribution < -0.4 is 11.1 Å². The van der Waals surface area contributed by atoms with Crippen LogP contribution in [0.4, 0.5) is 18.9 Å². The predicted molar refractivity (Wildman–Crippen MR) is 66.1 cm³/mol. The maximum Gasteiger partial charge on any atom is 0.417 e. The van der Waals surface area contributed by atoms with Crippen LogP contribution in [0.2, 0.25) is 0 Å². The SMILES string of the molecule is CC(C)Nc1ccc(C(F)(F)F)c(C(N)=S)c1. The van der Waals surface area contributed by atoms with E-state index < -0.39 is 11.7 Å². The first-order valence-corrected chi connectivity index (χ1v) is 5.40. The molecule has 0 aromatic heterocycles. The fraction of sp³-hybridized carbons (Fsp3) is 0.364. The van der Waals surface area contributed by atoms with Crippen LogP contribution in [0.15, 0.2) is 18.2 Å². The molecule has 0 saturated carbocycles. The minimum absolute atomic E-state index is 0.117. The normalized spacial score (nSPS) is 11.6. The topological polar surface area (TPSA) is 38.0 Å². The molecule has 1 aromatic carbocycles. The Bertz CT molecular complexity index is 427. The monoisotopic (exact) mass is 262 g/mol. The fourth-order valence-corrected chi connectivity index (χ4v) is 1.59. The summed E-state index contributed by atoms with van der Waals surface area (Å²) in [4.78, 5) is -0.260. The van der Waals surface area contributed by atoms with E-state index in [1.54, 1.807) is 0 Å². The van der Waals surface area contributed by atoms with E-state index in [0.29, 0.717) is 5.69 Å². The zero-order valence-corrected chi connectivity index (χ0v) is 10.2. The second-order valence-corrected chi connectivity index (χ2v) is 4.36. The van der Waals surface area contributed by atoms with Crippen molar-refractivity contribution < 1.29 is 13.2 Å². The maximum absolute atomic E-state index is 12.7. The van der Waals surface area contributed by atoms with Gasteiger partial charge in [-0.1, -0.05) is 12.2 Å². The van der Waals surface area contributed by atoms with Gasteiger partial charge < -0.3 is 11.1 Å². The van der Waals surface area contributed by atoms with Gasteiger partial charge in [0.25, 0.3) is 0 Å². The summed E-state index contributed by atoms with van der Waals surface area (Å²) in [5.74, 6) is 0. The van der Waals surface area contributed by atoms with Crippen molar-refractivity contribution >= 4 is 22.9 Å². The average Bonchev–Trinajstić information content (AvgIpc) is 2.14. The molecule has 0 saturated heterocycles. The van der Waals surface area contributed by atoms with Crippen LogP contribution in [0, 0.1) is 0 Å². The summed E-state index contributed by atoms with van der Waals surface area (Å²) >= 11 is 4.64. The molecule has 0 bridgehead atoms. The minimum Gasteiger partial charge on any atom is -0.389 e. The number of hydrogen-bond acceptors (Lipinski definition) is 2. The summed E-state index contributed by atoms with van der Waals surface area (Å²) in [5, 5.41) is 3.00. The summed E-state index contributed by atoms with van der Waals surface area (Å²) in [7, 11) is 0. The number of rotatable bonds is 3. The molecule has 0 aliphatic rings. The first-order chi connectivity index (χ1) is 7.71. The highest BCUT2D eigenvalue weighted by Gasteiger charge is 2.34. The molecule has 0 aliphatic heterocycles. The third-order valence-electron chi connectivity index (χ3n) is 2.05. The summed E-state index contributed by atoms with van der Waals surface area (Å²) in [5.41, 5.74) is 4.92. The van der Waals surface area contributed by atoms with Crippen LogP contribution in [0.25, 0.3) is 0 Å². The van der Waals surface area contributed by atoms with Gasteiger partial charge in [0.2, 0.25) is 0 Å². The number of benzene rings is 1. The van der Waals surface area contributed by atoms with Gasteiger partial charge in [-0.05, 0) is 32.0 Å². The molecule has 94 valence electrons. The lowest BCUT2D eigenvalue weighted by atomic mass is 10.1. The summed E-state index contributed by atoms with van der Waals surface area (Å²) in [6.45, 7) is 3.77. The van der Waals surface area contributed by atoms with Crippen LogP contribution in [0.1, 0.15) is 25.0 Å². The summed E-state index contributed by atoms with van der Waals surface area (Å²) in [6.07, 6.45) is -4.45. The molecular formula is C11H13F3N2S. The van der Waals surface area contributed by atoms with Gasteiger partial charge in [-0.15, -0.1) is 0 Å². The van der Waals surface area contributed by atoms with Crippen molar-refractivity contribution in [3.63, 3.8) is 0 Å². The zero-order valence-electron chi connectivity index (χ0n) is 9.43. The molecule has 0 amide bonds. The lowest BCUT2D eigenvalue weighted by molar-refractivity contribution is -0.137. The van der Waals surface area contributed by atoms with Gasteiger partial charge in [0.15, 0.2) is 0 Å². The van der Waals surface area contributed by atoms with E-state index in [4.69, 9.17) is 5.73 Å². The Morgan fingerprint density at radius 2 is 1.94 bits per heavy atom. The van der Waals surface area contributed by atoms with E-state index in [1.165, 1.54) is 12.1 Å². The molecule has 3 N–H and O–H groups in total. The van der Waals surface area contributed by atoms with Gasteiger partial charge in [-0.2, -0.15) is 13.2 Å². The number of halogens is 3. The van der Waals surface area contributed by atoms with E-state index in [-0.39, 0.29) is 16.6 Å². The van der Waals surface area contributed by atoms with Crippen LogP contribution in [-0.2, 0) is 6.18 Å². The Balaban J connectivity index is 3.23.